The van der Waals surface area contributed by atoms with E-state index in [0.29, 0.717) is 0 Å². The first-order chi connectivity index (χ1) is 10.3. The molecule has 8 heteroatoms. The molecule has 118 valence electrons. The molecule has 0 saturated heterocycles. The summed E-state index contributed by atoms with van der Waals surface area (Å²) in [7, 11) is 0. The number of hydrogen-bond acceptors (Lipinski definition) is 8. The van der Waals surface area contributed by atoms with Crippen molar-refractivity contribution in [3.63, 3.8) is 0 Å². The lowest BCUT2D eigenvalue weighted by molar-refractivity contribution is -0.211. The minimum Gasteiger partial charge on any atom is -0.421 e. The second-order valence-electron chi connectivity index (χ2n) is 3.42. The number of ether oxygens (including phenoxy) is 3. The lowest BCUT2D eigenvalue weighted by Crippen LogP contribution is -2.42. The molecule has 0 aromatic heterocycles. The highest BCUT2D eigenvalue weighted by molar-refractivity contribution is 5.84. The van der Waals surface area contributed by atoms with E-state index in [2.05, 4.69) is 33.9 Å². The third kappa shape index (κ3) is 6.51. The second-order valence-corrected chi connectivity index (χ2v) is 3.42. The molecule has 0 bridgehead atoms. The first kappa shape index (κ1) is 19.1. The van der Waals surface area contributed by atoms with Gasteiger partial charge in [-0.15, -0.1) is 0 Å². The third-order valence-electron chi connectivity index (χ3n) is 1.85. The fourth-order valence-corrected chi connectivity index (χ4v) is 0.944. The van der Waals surface area contributed by atoms with Gasteiger partial charge >= 0.3 is 23.7 Å². The molecule has 0 spiro atoms. The van der Waals surface area contributed by atoms with Gasteiger partial charge in [0.2, 0.25) is 0 Å². The molecule has 0 aromatic carbocycles. The number of esters is 3. The zero-order chi connectivity index (χ0) is 17.2. The number of carbonyl (C=O) groups is 3. The van der Waals surface area contributed by atoms with E-state index in [4.69, 9.17) is 0 Å². The number of aliphatic hydroxyl groups excluding tert-OH is 2. The summed E-state index contributed by atoms with van der Waals surface area (Å²) in [6, 6.07) is 0. The molecule has 0 aromatic rings. The highest BCUT2D eigenvalue weighted by Crippen LogP contribution is 2.13. The highest BCUT2D eigenvalue weighted by atomic mass is 16.7. The summed E-state index contributed by atoms with van der Waals surface area (Å²) >= 11 is 0. The predicted octanol–water partition coefficient (Wildman–Crippen LogP) is -0.816. The molecule has 1 atom stereocenters. The number of hydrogen-bond donors (Lipinski definition) is 2. The van der Waals surface area contributed by atoms with E-state index in [1.54, 1.807) is 0 Å². The van der Waals surface area contributed by atoms with Crippen molar-refractivity contribution in [1.82, 2.24) is 0 Å². The summed E-state index contributed by atoms with van der Waals surface area (Å²) in [5.41, 5.74) is 0. The van der Waals surface area contributed by atoms with E-state index in [1.807, 2.05) is 11.8 Å². The fraction of sp³-hybridized carbons (Fsp3) is 0.214. The van der Waals surface area contributed by atoms with Crippen LogP contribution in [0.4, 0.5) is 0 Å². The van der Waals surface area contributed by atoms with E-state index >= 15 is 0 Å². The molecule has 0 heterocycles. The van der Waals surface area contributed by atoms with Crippen LogP contribution in [-0.2, 0) is 28.6 Å². The van der Waals surface area contributed by atoms with Gasteiger partial charge in [-0.25, -0.2) is 14.4 Å². The molecule has 22 heavy (non-hydrogen) atoms. The smallest absolute Gasteiger partial charge is 0.345 e. The molecular formula is C14H14O8. The zero-order valence-electron chi connectivity index (χ0n) is 11.5. The van der Waals surface area contributed by atoms with Crippen molar-refractivity contribution in [2.24, 2.45) is 0 Å². The van der Waals surface area contributed by atoms with Gasteiger partial charge in [0, 0.05) is 18.2 Å². The minimum absolute atomic E-state index is 0.738. The zero-order valence-corrected chi connectivity index (χ0v) is 11.5. The molecule has 0 fully saturated rings. The van der Waals surface area contributed by atoms with Crippen LogP contribution in [0.5, 0.6) is 0 Å². The van der Waals surface area contributed by atoms with Crippen LogP contribution in [0, 0.1) is 11.8 Å². The highest BCUT2D eigenvalue weighted by Gasteiger charge is 2.36. The third-order valence-corrected chi connectivity index (χ3v) is 1.85. The Hall–Kier alpha value is -2.89. The standard InChI is InChI=1S/C14H14O8/c1-4-10(16)20-13(19)7-8-14(9-15,21-11(17)5-2)22-12(18)6-3/h4-6,13,15,19H,1-3,9H2. The van der Waals surface area contributed by atoms with E-state index < -0.39 is 36.6 Å². The van der Waals surface area contributed by atoms with Crippen LogP contribution in [0.2, 0.25) is 0 Å². The van der Waals surface area contributed by atoms with Gasteiger partial charge in [0.1, 0.15) is 6.61 Å². The van der Waals surface area contributed by atoms with Crippen molar-refractivity contribution in [3.8, 4) is 11.8 Å². The molecule has 0 saturated carbocycles. The first-order valence-corrected chi connectivity index (χ1v) is 5.68. The molecule has 0 aliphatic carbocycles. The van der Waals surface area contributed by atoms with Gasteiger partial charge in [-0.2, -0.15) is 0 Å². The molecule has 0 aliphatic heterocycles. The van der Waals surface area contributed by atoms with E-state index in [-0.39, 0.29) is 0 Å². The Kier molecular flexibility index (Phi) is 7.92. The van der Waals surface area contributed by atoms with Crippen LogP contribution in [0.1, 0.15) is 0 Å². The summed E-state index contributed by atoms with van der Waals surface area (Å²) in [5.74, 6) is -1.57. The van der Waals surface area contributed by atoms with Gasteiger partial charge < -0.3 is 24.4 Å². The van der Waals surface area contributed by atoms with Crippen molar-refractivity contribution >= 4 is 17.9 Å². The molecule has 0 rings (SSSR count). The number of rotatable bonds is 7. The largest absolute Gasteiger partial charge is 0.421 e. The number of aliphatic hydroxyl groups is 2. The Balaban J connectivity index is 5.37. The average Bonchev–Trinajstić information content (AvgIpc) is 2.51. The van der Waals surface area contributed by atoms with Crippen LogP contribution >= 0.6 is 0 Å². The van der Waals surface area contributed by atoms with Crippen molar-refractivity contribution < 1.29 is 38.8 Å². The summed E-state index contributed by atoms with van der Waals surface area (Å²) < 4.78 is 13.6. The Morgan fingerprint density at radius 1 is 1.05 bits per heavy atom. The predicted molar refractivity (Wildman–Crippen MR) is 72.5 cm³/mol. The monoisotopic (exact) mass is 310 g/mol. The summed E-state index contributed by atoms with van der Waals surface area (Å²) in [5, 5.41) is 18.6. The molecule has 0 radical (unpaired) electrons. The fourth-order valence-electron chi connectivity index (χ4n) is 0.944. The van der Waals surface area contributed by atoms with Gasteiger partial charge in [-0.05, 0) is 11.8 Å². The molecule has 1 unspecified atom stereocenters. The SMILES string of the molecule is C=CC(=O)OC(O)C#CC(CO)(OC(=O)C=C)OC(=O)C=C. The van der Waals surface area contributed by atoms with Crippen LogP contribution in [0.15, 0.2) is 38.0 Å². The average molecular weight is 310 g/mol. The van der Waals surface area contributed by atoms with Gasteiger partial charge in [0.15, 0.2) is 0 Å². The lowest BCUT2D eigenvalue weighted by atomic mass is 10.3. The van der Waals surface area contributed by atoms with Gasteiger partial charge in [0.05, 0.1) is 0 Å². The topological polar surface area (TPSA) is 119 Å². The Labute approximate surface area is 126 Å². The molecule has 0 amide bonds. The minimum atomic E-state index is -2.42. The lowest BCUT2D eigenvalue weighted by Gasteiger charge is -2.24. The van der Waals surface area contributed by atoms with E-state index in [1.165, 1.54) is 0 Å². The van der Waals surface area contributed by atoms with Crippen molar-refractivity contribution in [2.45, 2.75) is 12.1 Å². The second kappa shape index (κ2) is 9.12. The van der Waals surface area contributed by atoms with E-state index in [9.17, 15) is 24.6 Å². The van der Waals surface area contributed by atoms with Gasteiger partial charge in [0.25, 0.3) is 6.29 Å². The Morgan fingerprint density at radius 3 is 1.86 bits per heavy atom. The number of carbonyl (C=O) groups excluding carboxylic acids is 3. The van der Waals surface area contributed by atoms with Crippen molar-refractivity contribution in [2.75, 3.05) is 6.61 Å². The summed E-state index contributed by atoms with van der Waals surface area (Å²) in [6.45, 7) is 8.31. The van der Waals surface area contributed by atoms with Crippen LogP contribution in [0.3, 0.4) is 0 Å². The van der Waals surface area contributed by atoms with Crippen molar-refractivity contribution in [3.05, 3.63) is 38.0 Å². The van der Waals surface area contributed by atoms with Crippen molar-refractivity contribution in [1.29, 1.82) is 0 Å². The molecule has 8 nitrogen and oxygen atoms in total. The van der Waals surface area contributed by atoms with Gasteiger partial charge in [-0.1, -0.05) is 19.7 Å². The molecule has 0 aliphatic rings. The maximum absolute atomic E-state index is 11.2. The van der Waals surface area contributed by atoms with Crippen LogP contribution < -0.4 is 0 Å². The van der Waals surface area contributed by atoms with E-state index in [0.717, 1.165) is 18.2 Å². The summed E-state index contributed by atoms with van der Waals surface area (Å²) in [6.07, 6.45) is 0.324. The van der Waals surface area contributed by atoms with Crippen LogP contribution in [0.25, 0.3) is 0 Å². The maximum Gasteiger partial charge on any atom is 0.345 e. The van der Waals surface area contributed by atoms with Gasteiger partial charge in [-0.3, -0.25) is 0 Å². The maximum atomic E-state index is 11.2. The van der Waals surface area contributed by atoms with Crippen LogP contribution in [-0.4, -0.2) is 46.8 Å². The normalized spacial score (nSPS) is 11.0. The Bertz CT molecular complexity index is 515. The Morgan fingerprint density at radius 2 is 1.50 bits per heavy atom. The first-order valence-electron chi connectivity index (χ1n) is 5.68. The quantitative estimate of drug-likeness (QED) is 0.271. The molecular weight excluding hydrogens is 296 g/mol. The summed E-state index contributed by atoms with van der Waals surface area (Å²) in [4.78, 5) is 33.3. The molecule has 2 N–H and O–H groups in total.